The van der Waals surface area contributed by atoms with Crippen LogP contribution in [-0.4, -0.2) is 34.8 Å². The Hall–Kier alpha value is -0.810. The quantitative estimate of drug-likeness (QED) is 0.208. The normalized spacial score (nSPS) is 16.3. The van der Waals surface area contributed by atoms with E-state index >= 15 is 0 Å². The predicted octanol–water partition coefficient (Wildman–Crippen LogP) is 0.652. The highest BCUT2D eigenvalue weighted by Gasteiger charge is 2.08. The predicted molar refractivity (Wildman–Crippen MR) is 61.0 cm³/mol. The van der Waals surface area contributed by atoms with Crippen LogP contribution in [0.4, 0.5) is 0 Å². The molecule has 0 aliphatic heterocycles. The Kier molecular flexibility index (Phi) is 8.04. The van der Waals surface area contributed by atoms with E-state index in [0.29, 0.717) is 6.42 Å². The summed E-state index contributed by atoms with van der Waals surface area (Å²) in [6.07, 6.45) is 2.73. The van der Waals surface area contributed by atoms with Crippen LogP contribution in [0.25, 0.3) is 0 Å². The molecule has 0 amide bonds. The Morgan fingerprint density at radius 2 is 2.07 bits per heavy atom. The minimum Gasteiger partial charge on any atom is -0.409 e. The van der Waals surface area contributed by atoms with Crippen molar-refractivity contribution in [2.45, 2.75) is 51.7 Å². The first-order valence-electron chi connectivity index (χ1n) is 5.51. The molecule has 90 valence electrons. The summed E-state index contributed by atoms with van der Waals surface area (Å²) in [5.41, 5.74) is 5.42. The number of nitrogens with two attached hydrogens (primary N) is 1. The minimum atomic E-state index is -0.237. The van der Waals surface area contributed by atoms with Crippen LogP contribution < -0.4 is 11.1 Å². The van der Waals surface area contributed by atoms with E-state index in [4.69, 9.17) is 10.9 Å². The van der Waals surface area contributed by atoms with Crippen molar-refractivity contribution in [1.82, 2.24) is 5.32 Å². The van der Waals surface area contributed by atoms with Gasteiger partial charge in [0, 0.05) is 12.5 Å². The van der Waals surface area contributed by atoms with Crippen LogP contribution in [-0.2, 0) is 0 Å². The van der Waals surface area contributed by atoms with Crippen LogP contribution in [0.15, 0.2) is 5.16 Å². The topological polar surface area (TPSA) is 90.9 Å². The highest BCUT2D eigenvalue weighted by atomic mass is 16.4. The zero-order valence-corrected chi connectivity index (χ0v) is 9.61. The van der Waals surface area contributed by atoms with E-state index in [1.54, 1.807) is 0 Å². The van der Waals surface area contributed by atoms with Gasteiger partial charge in [-0.3, -0.25) is 0 Å². The summed E-state index contributed by atoms with van der Waals surface area (Å²) in [7, 11) is 0. The second-order valence-electron chi connectivity index (χ2n) is 3.71. The molecule has 15 heavy (non-hydrogen) atoms. The van der Waals surface area contributed by atoms with Gasteiger partial charge in [0.25, 0.3) is 0 Å². The first-order valence-corrected chi connectivity index (χ1v) is 5.51. The second-order valence-corrected chi connectivity index (χ2v) is 3.71. The number of aliphatic hydroxyl groups excluding tert-OH is 1. The van der Waals surface area contributed by atoms with Gasteiger partial charge < -0.3 is 21.4 Å². The number of amidine groups is 1. The maximum absolute atomic E-state index is 9.34. The maximum atomic E-state index is 9.34. The minimum absolute atomic E-state index is 0.213. The number of aliphatic hydroxyl groups is 1. The van der Waals surface area contributed by atoms with Gasteiger partial charge in [-0.2, -0.15) is 0 Å². The van der Waals surface area contributed by atoms with Gasteiger partial charge in [0.2, 0.25) is 0 Å². The molecule has 2 atom stereocenters. The van der Waals surface area contributed by atoms with Crippen LogP contribution in [0.2, 0.25) is 0 Å². The molecule has 5 heteroatoms. The van der Waals surface area contributed by atoms with E-state index < -0.39 is 0 Å². The molecule has 0 aromatic heterocycles. The molecule has 0 aliphatic rings. The fourth-order valence-electron chi connectivity index (χ4n) is 1.31. The molecule has 0 heterocycles. The molecule has 0 aliphatic carbocycles. The molecule has 5 nitrogen and oxygen atoms in total. The van der Waals surface area contributed by atoms with Gasteiger partial charge in [-0.05, 0) is 25.8 Å². The van der Waals surface area contributed by atoms with Crippen LogP contribution in [0, 0.1) is 0 Å². The lowest BCUT2D eigenvalue weighted by molar-refractivity contribution is 0.158. The molecular formula is C10H23N3O2. The van der Waals surface area contributed by atoms with E-state index in [0.717, 1.165) is 25.8 Å². The molecular weight excluding hydrogens is 194 g/mol. The number of hydrogen-bond donors (Lipinski definition) is 4. The Morgan fingerprint density at radius 1 is 1.40 bits per heavy atom. The van der Waals surface area contributed by atoms with Crippen LogP contribution in [0.1, 0.15) is 39.5 Å². The summed E-state index contributed by atoms with van der Waals surface area (Å²) in [5.74, 6) is 0.241. The highest BCUT2D eigenvalue weighted by molar-refractivity contribution is 5.80. The Bertz CT molecular complexity index is 186. The average molecular weight is 217 g/mol. The molecule has 0 rings (SSSR count). The fraction of sp³-hybridized carbons (Fsp3) is 0.900. The summed E-state index contributed by atoms with van der Waals surface area (Å²) in [6.45, 7) is 4.75. The van der Waals surface area contributed by atoms with Crippen molar-refractivity contribution >= 4 is 5.84 Å². The Balaban J connectivity index is 3.71. The summed E-state index contributed by atoms with van der Waals surface area (Å²) < 4.78 is 0. The van der Waals surface area contributed by atoms with Crippen LogP contribution >= 0.6 is 0 Å². The van der Waals surface area contributed by atoms with E-state index in [9.17, 15) is 5.11 Å². The lowest BCUT2D eigenvalue weighted by Gasteiger charge is -2.17. The molecule has 0 aromatic carbocycles. The van der Waals surface area contributed by atoms with Gasteiger partial charge in [0.05, 0.1) is 6.10 Å². The fourth-order valence-corrected chi connectivity index (χ4v) is 1.31. The molecule has 0 saturated heterocycles. The van der Waals surface area contributed by atoms with Crippen molar-refractivity contribution in [2.75, 3.05) is 6.54 Å². The largest absolute Gasteiger partial charge is 0.409 e. The van der Waals surface area contributed by atoms with Gasteiger partial charge in [0.1, 0.15) is 5.84 Å². The highest BCUT2D eigenvalue weighted by Crippen LogP contribution is 2.00. The Labute approximate surface area is 91.4 Å². The Morgan fingerprint density at radius 3 is 2.53 bits per heavy atom. The lowest BCUT2D eigenvalue weighted by atomic mass is 10.1. The van der Waals surface area contributed by atoms with E-state index in [1.165, 1.54) is 0 Å². The maximum Gasteiger partial charge on any atom is 0.140 e. The van der Waals surface area contributed by atoms with Gasteiger partial charge in [-0.25, -0.2) is 0 Å². The number of rotatable bonds is 8. The average Bonchev–Trinajstić information content (AvgIpc) is 2.26. The van der Waals surface area contributed by atoms with Crippen molar-refractivity contribution < 1.29 is 10.3 Å². The molecule has 0 radical (unpaired) electrons. The molecule has 2 unspecified atom stereocenters. The SMILES string of the molecule is CCC(O)CCNC(CC)CC(N)=NO. The van der Waals surface area contributed by atoms with Gasteiger partial charge in [-0.15, -0.1) is 0 Å². The van der Waals surface area contributed by atoms with Crippen LogP contribution in [0.3, 0.4) is 0 Å². The summed E-state index contributed by atoms with van der Waals surface area (Å²) >= 11 is 0. The molecule has 5 N–H and O–H groups in total. The zero-order valence-electron chi connectivity index (χ0n) is 9.61. The van der Waals surface area contributed by atoms with E-state index in [-0.39, 0.29) is 18.0 Å². The third kappa shape index (κ3) is 7.16. The molecule has 0 fully saturated rings. The van der Waals surface area contributed by atoms with Crippen molar-refractivity contribution in [1.29, 1.82) is 0 Å². The monoisotopic (exact) mass is 217 g/mol. The van der Waals surface area contributed by atoms with Gasteiger partial charge in [-0.1, -0.05) is 19.0 Å². The smallest absolute Gasteiger partial charge is 0.140 e. The first-order chi connectivity index (χ1) is 7.13. The van der Waals surface area contributed by atoms with E-state index in [2.05, 4.69) is 10.5 Å². The molecule has 0 spiro atoms. The molecule has 0 aromatic rings. The number of nitrogens with zero attached hydrogens (tertiary/aromatic N) is 1. The number of oxime groups is 1. The third-order valence-corrected chi connectivity index (χ3v) is 2.46. The lowest BCUT2D eigenvalue weighted by Crippen LogP contribution is -2.34. The zero-order chi connectivity index (χ0) is 11.7. The third-order valence-electron chi connectivity index (χ3n) is 2.46. The van der Waals surface area contributed by atoms with Gasteiger partial charge >= 0.3 is 0 Å². The molecule has 0 saturated carbocycles. The first kappa shape index (κ1) is 14.2. The van der Waals surface area contributed by atoms with Crippen LogP contribution in [0.5, 0.6) is 0 Å². The van der Waals surface area contributed by atoms with Crippen molar-refractivity contribution in [3.05, 3.63) is 0 Å². The standard InChI is InChI=1S/C10H23N3O2/c1-3-8(7-10(11)13-15)12-6-5-9(14)4-2/h8-9,12,14-15H,3-7H2,1-2H3,(H2,11,13). The second kappa shape index (κ2) is 8.49. The van der Waals surface area contributed by atoms with Crippen molar-refractivity contribution in [2.24, 2.45) is 10.9 Å². The summed E-state index contributed by atoms with van der Waals surface area (Å²) in [4.78, 5) is 0. The van der Waals surface area contributed by atoms with Gasteiger partial charge in [0.15, 0.2) is 0 Å². The number of hydrogen-bond acceptors (Lipinski definition) is 4. The summed E-state index contributed by atoms with van der Waals surface area (Å²) in [6, 6.07) is 0.213. The number of nitrogens with one attached hydrogen (secondary N) is 1. The van der Waals surface area contributed by atoms with E-state index in [1.807, 2.05) is 13.8 Å². The van der Waals surface area contributed by atoms with Crippen molar-refractivity contribution in [3.63, 3.8) is 0 Å². The van der Waals surface area contributed by atoms with Crippen molar-refractivity contribution in [3.8, 4) is 0 Å². The summed E-state index contributed by atoms with van der Waals surface area (Å²) in [5, 5.41) is 24.0. The molecule has 0 bridgehead atoms.